The molecule has 1 atom stereocenters. The van der Waals surface area contributed by atoms with Gasteiger partial charge in [-0.05, 0) is 40.6 Å². The molecule has 4 heteroatoms. The molecule has 84 valence electrons. The summed E-state index contributed by atoms with van der Waals surface area (Å²) in [5.74, 6) is 0. The van der Waals surface area contributed by atoms with Crippen LogP contribution in [0.25, 0.3) is 0 Å². The Morgan fingerprint density at radius 1 is 1.50 bits per heavy atom. The fourth-order valence-corrected chi connectivity index (χ4v) is 2.15. The molecule has 0 spiro atoms. The van der Waals surface area contributed by atoms with Gasteiger partial charge >= 0.3 is 0 Å². The minimum Gasteiger partial charge on any atom is -0.329 e. The highest BCUT2D eigenvalue weighted by Gasteiger charge is 2.30. The van der Waals surface area contributed by atoms with Gasteiger partial charge in [-0.1, -0.05) is 23.8 Å². The largest absolute Gasteiger partial charge is 0.329 e. The van der Waals surface area contributed by atoms with Crippen molar-refractivity contribution in [3.8, 4) is 0 Å². The van der Waals surface area contributed by atoms with Crippen LogP contribution < -0.4 is 5.73 Å². The number of rotatable bonds is 2. The Labute approximate surface area is 108 Å². The van der Waals surface area contributed by atoms with Gasteiger partial charge in [0.2, 0.25) is 0 Å². The number of nitrogens with two attached hydrogens (primary N) is 1. The van der Waals surface area contributed by atoms with Crippen LogP contribution in [-0.2, 0) is 5.41 Å². The third-order valence-corrected chi connectivity index (χ3v) is 3.57. The number of allylic oxidation sites excluding steroid dienone is 3. The van der Waals surface area contributed by atoms with E-state index in [-0.39, 0.29) is 5.41 Å². The molecule has 0 amide bonds. The molecule has 1 unspecified atom stereocenters. The third kappa shape index (κ3) is 2.21. The van der Waals surface area contributed by atoms with E-state index in [0.29, 0.717) is 6.54 Å². The molecule has 1 aromatic heterocycles. The minimum absolute atomic E-state index is 0.209. The van der Waals surface area contributed by atoms with Gasteiger partial charge in [0.15, 0.2) is 0 Å². The fourth-order valence-electron chi connectivity index (χ4n) is 1.77. The standard InChI is InChI=1S/C12H12BrClN2/c13-9-1-2-11(16-7-9)12(8-15)5-3-10(14)4-6-12/h1-5,7H,6,8,15H2. The molecule has 2 nitrogen and oxygen atoms in total. The zero-order valence-electron chi connectivity index (χ0n) is 8.66. The molecule has 0 radical (unpaired) electrons. The first-order valence-electron chi connectivity index (χ1n) is 5.03. The summed E-state index contributed by atoms with van der Waals surface area (Å²) in [6, 6.07) is 3.97. The SMILES string of the molecule is NCC1(c2ccc(Br)cn2)C=CC(Cl)=CC1. The molecule has 0 saturated carbocycles. The minimum atomic E-state index is -0.209. The van der Waals surface area contributed by atoms with E-state index in [1.165, 1.54) is 0 Å². The molecule has 2 N–H and O–H groups in total. The Balaban J connectivity index is 2.36. The molecule has 0 saturated heterocycles. The third-order valence-electron chi connectivity index (χ3n) is 2.82. The molecule has 0 aromatic carbocycles. The van der Waals surface area contributed by atoms with E-state index in [0.717, 1.165) is 21.6 Å². The van der Waals surface area contributed by atoms with Crippen molar-refractivity contribution in [2.24, 2.45) is 5.73 Å². The van der Waals surface area contributed by atoms with Crippen molar-refractivity contribution in [1.82, 2.24) is 4.98 Å². The Morgan fingerprint density at radius 2 is 2.31 bits per heavy atom. The van der Waals surface area contributed by atoms with Crippen LogP contribution in [0.5, 0.6) is 0 Å². The van der Waals surface area contributed by atoms with Gasteiger partial charge < -0.3 is 5.73 Å². The molecule has 1 heterocycles. The van der Waals surface area contributed by atoms with Crippen LogP contribution in [0.1, 0.15) is 12.1 Å². The van der Waals surface area contributed by atoms with Gasteiger partial charge in [-0.25, -0.2) is 0 Å². The number of aromatic nitrogens is 1. The maximum absolute atomic E-state index is 5.92. The normalized spacial score (nSPS) is 24.3. The summed E-state index contributed by atoms with van der Waals surface area (Å²) in [4.78, 5) is 4.42. The van der Waals surface area contributed by atoms with Crippen molar-refractivity contribution in [3.05, 3.63) is 51.8 Å². The number of hydrogen-bond donors (Lipinski definition) is 1. The molecule has 1 aliphatic rings. The molecule has 0 fully saturated rings. The molecule has 1 aromatic rings. The lowest BCUT2D eigenvalue weighted by Crippen LogP contribution is -2.34. The summed E-state index contributed by atoms with van der Waals surface area (Å²) in [6.45, 7) is 0.527. The van der Waals surface area contributed by atoms with Gasteiger partial charge in [0.25, 0.3) is 0 Å². The maximum Gasteiger partial charge on any atom is 0.0519 e. The summed E-state index contributed by atoms with van der Waals surface area (Å²) in [5.41, 5.74) is 6.65. The quantitative estimate of drug-likeness (QED) is 0.911. The van der Waals surface area contributed by atoms with E-state index in [1.807, 2.05) is 30.4 Å². The molecule has 16 heavy (non-hydrogen) atoms. The monoisotopic (exact) mass is 298 g/mol. The van der Waals surface area contributed by atoms with Crippen molar-refractivity contribution in [1.29, 1.82) is 0 Å². The maximum atomic E-state index is 5.92. The van der Waals surface area contributed by atoms with Crippen LogP contribution in [-0.4, -0.2) is 11.5 Å². The first kappa shape index (κ1) is 11.8. The Morgan fingerprint density at radius 3 is 2.81 bits per heavy atom. The summed E-state index contributed by atoms with van der Waals surface area (Å²) in [5, 5.41) is 0.765. The van der Waals surface area contributed by atoms with Crippen LogP contribution in [0.4, 0.5) is 0 Å². The topological polar surface area (TPSA) is 38.9 Å². The van der Waals surface area contributed by atoms with E-state index >= 15 is 0 Å². The molecule has 2 rings (SSSR count). The van der Waals surface area contributed by atoms with E-state index < -0.39 is 0 Å². The van der Waals surface area contributed by atoms with Gasteiger partial charge in [-0.15, -0.1) is 0 Å². The highest BCUT2D eigenvalue weighted by molar-refractivity contribution is 9.10. The summed E-state index contributed by atoms with van der Waals surface area (Å²) >= 11 is 9.29. The Hall–Kier alpha value is -0.640. The number of hydrogen-bond acceptors (Lipinski definition) is 2. The molecular formula is C12H12BrClN2. The molecular weight excluding hydrogens is 288 g/mol. The van der Waals surface area contributed by atoms with Crippen LogP contribution in [0.2, 0.25) is 0 Å². The average molecular weight is 300 g/mol. The molecule has 0 aliphatic heterocycles. The van der Waals surface area contributed by atoms with Crippen LogP contribution in [0.15, 0.2) is 46.1 Å². The smallest absolute Gasteiger partial charge is 0.0519 e. The lowest BCUT2D eigenvalue weighted by Gasteiger charge is -2.29. The van der Waals surface area contributed by atoms with E-state index in [9.17, 15) is 0 Å². The van der Waals surface area contributed by atoms with E-state index in [1.54, 1.807) is 6.20 Å². The number of pyridine rings is 1. The predicted octanol–water partition coefficient (Wildman–Crippen LogP) is 3.12. The fraction of sp³-hybridized carbons (Fsp3) is 0.250. The lowest BCUT2D eigenvalue weighted by atomic mass is 9.78. The van der Waals surface area contributed by atoms with Crippen molar-refractivity contribution in [2.45, 2.75) is 11.8 Å². The summed E-state index contributed by atoms with van der Waals surface area (Å²) < 4.78 is 0.969. The summed E-state index contributed by atoms with van der Waals surface area (Å²) in [7, 11) is 0. The Bertz CT molecular complexity index is 439. The van der Waals surface area contributed by atoms with Gasteiger partial charge in [0.05, 0.1) is 5.69 Å². The highest BCUT2D eigenvalue weighted by atomic mass is 79.9. The van der Waals surface area contributed by atoms with Crippen molar-refractivity contribution < 1.29 is 0 Å². The van der Waals surface area contributed by atoms with Gasteiger partial charge in [-0.2, -0.15) is 0 Å². The van der Waals surface area contributed by atoms with Crippen LogP contribution in [0.3, 0.4) is 0 Å². The first-order valence-corrected chi connectivity index (χ1v) is 6.20. The van der Waals surface area contributed by atoms with Crippen molar-refractivity contribution >= 4 is 27.5 Å². The predicted molar refractivity (Wildman–Crippen MR) is 70.4 cm³/mol. The first-order chi connectivity index (χ1) is 7.66. The number of nitrogens with zero attached hydrogens (tertiary/aromatic N) is 1. The lowest BCUT2D eigenvalue weighted by molar-refractivity contribution is 0.532. The van der Waals surface area contributed by atoms with Crippen LogP contribution in [0, 0.1) is 0 Å². The van der Waals surface area contributed by atoms with Gasteiger partial charge in [-0.3, -0.25) is 4.98 Å². The second kappa shape index (κ2) is 4.70. The van der Waals surface area contributed by atoms with Gasteiger partial charge in [0, 0.05) is 27.7 Å². The zero-order valence-corrected chi connectivity index (χ0v) is 11.0. The Kier molecular flexibility index (Phi) is 3.47. The summed E-state index contributed by atoms with van der Waals surface area (Å²) in [6.07, 6.45) is 8.51. The van der Waals surface area contributed by atoms with Gasteiger partial charge in [0.1, 0.15) is 0 Å². The van der Waals surface area contributed by atoms with E-state index in [2.05, 4.69) is 20.9 Å². The second-order valence-electron chi connectivity index (χ2n) is 3.85. The van der Waals surface area contributed by atoms with Crippen molar-refractivity contribution in [3.63, 3.8) is 0 Å². The average Bonchev–Trinajstić information content (AvgIpc) is 2.32. The molecule has 0 bridgehead atoms. The zero-order chi connectivity index (χ0) is 11.6. The highest BCUT2D eigenvalue weighted by Crippen LogP contribution is 2.33. The second-order valence-corrected chi connectivity index (χ2v) is 5.20. The van der Waals surface area contributed by atoms with Crippen LogP contribution >= 0.6 is 27.5 Å². The van der Waals surface area contributed by atoms with E-state index in [4.69, 9.17) is 17.3 Å². The molecule has 1 aliphatic carbocycles. The number of halogens is 2. The van der Waals surface area contributed by atoms with Crippen molar-refractivity contribution in [2.75, 3.05) is 6.54 Å².